The summed E-state index contributed by atoms with van der Waals surface area (Å²) in [5.41, 5.74) is 4.99. The molecule has 0 aliphatic heterocycles. The maximum absolute atomic E-state index is 9.04. The normalized spacial score (nSPS) is 19.8. The zero-order valence-electron chi connectivity index (χ0n) is 6.54. The van der Waals surface area contributed by atoms with Gasteiger partial charge in [0.25, 0.3) is 0 Å². The molecule has 0 rings (SSSR count). The quantitative estimate of drug-likeness (QED) is 0.261. The van der Waals surface area contributed by atoms with E-state index < -0.39 is 31.0 Å². The van der Waals surface area contributed by atoms with Crippen LogP contribution in [0.1, 0.15) is 0 Å². The van der Waals surface area contributed by atoms with Gasteiger partial charge in [-0.05, 0) is 0 Å². The fourth-order valence-corrected chi connectivity index (χ4v) is 0.703. The molecule has 0 aliphatic rings. The molecular weight excluding hydrogens is 206 g/mol. The molecule has 78 valence electrons. The van der Waals surface area contributed by atoms with Crippen molar-refractivity contribution in [2.75, 3.05) is 13.2 Å². The Balaban J connectivity index is 0. The van der Waals surface area contributed by atoms with Crippen molar-refractivity contribution in [3.8, 4) is 0 Å². The van der Waals surface area contributed by atoms with Gasteiger partial charge >= 0.3 is 37.7 Å². The molecule has 0 spiro atoms. The van der Waals surface area contributed by atoms with Crippen molar-refractivity contribution in [3.63, 3.8) is 0 Å². The Morgan fingerprint density at radius 1 is 0.923 bits per heavy atom. The summed E-state index contributed by atoms with van der Waals surface area (Å²) in [6.45, 7) is -0.911. The number of aliphatic hydroxyl groups excluding tert-OH is 5. The van der Waals surface area contributed by atoms with Crippen LogP contribution in [0.15, 0.2) is 0 Å². The molecule has 0 aromatic heterocycles. The fraction of sp³-hybridized carbons (Fsp3) is 1.00. The molecule has 0 bridgehead atoms. The van der Waals surface area contributed by atoms with E-state index in [1.165, 1.54) is 0 Å². The zero-order valence-corrected chi connectivity index (χ0v) is 6.54. The van der Waals surface area contributed by atoms with E-state index in [9.17, 15) is 0 Å². The van der Waals surface area contributed by atoms with Gasteiger partial charge in [0.1, 0.15) is 18.3 Å². The minimum absolute atomic E-state index is 0. The van der Waals surface area contributed by atoms with Crippen molar-refractivity contribution in [2.45, 2.75) is 24.4 Å². The molecule has 0 aromatic carbocycles. The molecule has 0 heterocycles. The van der Waals surface area contributed by atoms with E-state index in [0.29, 0.717) is 0 Å². The van der Waals surface area contributed by atoms with Gasteiger partial charge in [-0.3, -0.25) is 0 Å². The molecule has 13 heavy (non-hydrogen) atoms. The summed E-state index contributed by atoms with van der Waals surface area (Å²) in [7, 11) is 0. The Labute approximate surface area is 106 Å². The summed E-state index contributed by atoms with van der Waals surface area (Å²) in [5.74, 6) is 0. The molecule has 0 fully saturated rings. The van der Waals surface area contributed by atoms with Crippen molar-refractivity contribution in [1.29, 1.82) is 0 Å². The molecule has 0 radical (unpaired) electrons. The summed E-state index contributed by atoms with van der Waals surface area (Å²) < 4.78 is 0. The Bertz CT molecular complexity index is 114. The van der Waals surface area contributed by atoms with Crippen LogP contribution in [0.5, 0.6) is 0 Å². The Morgan fingerprint density at radius 2 is 1.31 bits per heavy atom. The third-order valence-electron chi connectivity index (χ3n) is 1.57. The Morgan fingerprint density at radius 3 is 1.62 bits per heavy atom. The summed E-state index contributed by atoms with van der Waals surface area (Å²) in [6, 6.07) is 0. The summed E-state index contributed by atoms with van der Waals surface area (Å²) in [5, 5.41) is 44.2. The van der Waals surface area contributed by atoms with Gasteiger partial charge in [-0.2, -0.15) is 0 Å². The topological polar surface area (TPSA) is 127 Å². The first-order chi connectivity index (χ1) is 5.54. The molecule has 4 atom stereocenters. The molecule has 0 amide bonds. The van der Waals surface area contributed by atoms with Crippen LogP contribution in [-0.4, -0.2) is 101 Å². The summed E-state index contributed by atoms with van der Waals surface area (Å²) in [6.07, 6.45) is -5.91. The second-order valence-corrected chi connectivity index (χ2v) is 2.53. The molecule has 0 aromatic rings. The molecular formula is C6H17CaNO5. The van der Waals surface area contributed by atoms with Crippen LogP contribution in [0.3, 0.4) is 0 Å². The first kappa shape index (κ1) is 16.4. The van der Waals surface area contributed by atoms with Crippen molar-refractivity contribution < 1.29 is 25.5 Å². The van der Waals surface area contributed by atoms with E-state index in [-0.39, 0.29) is 44.3 Å². The third kappa shape index (κ3) is 5.46. The number of hydrogen-bond acceptors (Lipinski definition) is 6. The van der Waals surface area contributed by atoms with Crippen molar-refractivity contribution >= 4 is 37.7 Å². The van der Waals surface area contributed by atoms with Crippen LogP contribution in [0, 0.1) is 0 Å². The SMILES string of the molecule is NC[C@H](O)[C@@H](O)[C@H](O)[C@H](O)CO.[CaH2]. The van der Waals surface area contributed by atoms with Gasteiger partial charge < -0.3 is 31.3 Å². The van der Waals surface area contributed by atoms with Gasteiger partial charge in [-0.1, -0.05) is 0 Å². The minimum atomic E-state index is -1.59. The predicted octanol–water partition coefficient (Wildman–Crippen LogP) is -4.54. The van der Waals surface area contributed by atoms with Gasteiger partial charge in [0.2, 0.25) is 0 Å². The standard InChI is InChI=1S/C6H15NO5.Ca.2H/c7-1-3(9)5(11)6(12)4(10)2-8;;;/h3-6,8-12H,1-2,7H2;;;/t3-,4+,5+,6+;;;/m0.../s1. The first-order valence-corrected chi connectivity index (χ1v) is 3.57. The van der Waals surface area contributed by atoms with Gasteiger partial charge in [0.05, 0.1) is 12.7 Å². The monoisotopic (exact) mass is 223 g/mol. The summed E-state index contributed by atoms with van der Waals surface area (Å²) >= 11 is 0. The Hall–Kier alpha value is 1.02. The van der Waals surface area contributed by atoms with E-state index in [1.807, 2.05) is 0 Å². The molecule has 0 saturated carbocycles. The van der Waals surface area contributed by atoms with E-state index in [2.05, 4.69) is 0 Å². The number of rotatable bonds is 5. The van der Waals surface area contributed by atoms with Gasteiger partial charge in [-0.25, -0.2) is 0 Å². The van der Waals surface area contributed by atoms with E-state index in [4.69, 9.17) is 31.3 Å². The second-order valence-electron chi connectivity index (χ2n) is 2.53. The average Bonchev–Trinajstić information content (AvgIpc) is 2.12. The van der Waals surface area contributed by atoms with Crippen LogP contribution in [0.25, 0.3) is 0 Å². The molecule has 0 saturated heterocycles. The summed E-state index contributed by atoms with van der Waals surface area (Å²) in [4.78, 5) is 0. The maximum atomic E-state index is 9.04. The van der Waals surface area contributed by atoms with Crippen LogP contribution >= 0.6 is 0 Å². The van der Waals surface area contributed by atoms with Gasteiger partial charge in [0, 0.05) is 6.54 Å². The molecule has 7 heteroatoms. The van der Waals surface area contributed by atoms with Crippen molar-refractivity contribution in [1.82, 2.24) is 0 Å². The second kappa shape index (κ2) is 8.34. The van der Waals surface area contributed by atoms with Gasteiger partial charge in [0.15, 0.2) is 0 Å². The van der Waals surface area contributed by atoms with Crippen LogP contribution in [0.4, 0.5) is 0 Å². The van der Waals surface area contributed by atoms with Crippen LogP contribution in [-0.2, 0) is 0 Å². The van der Waals surface area contributed by atoms with E-state index in [0.717, 1.165) is 0 Å². The van der Waals surface area contributed by atoms with Gasteiger partial charge in [-0.15, -0.1) is 0 Å². The first-order valence-electron chi connectivity index (χ1n) is 3.57. The van der Waals surface area contributed by atoms with Crippen LogP contribution in [0.2, 0.25) is 0 Å². The van der Waals surface area contributed by atoms with E-state index >= 15 is 0 Å². The number of hydrogen-bond donors (Lipinski definition) is 6. The number of nitrogens with two attached hydrogens (primary N) is 1. The predicted molar refractivity (Wildman–Crippen MR) is 48.7 cm³/mol. The third-order valence-corrected chi connectivity index (χ3v) is 1.57. The van der Waals surface area contributed by atoms with Crippen LogP contribution < -0.4 is 5.73 Å². The molecule has 6 nitrogen and oxygen atoms in total. The Kier molecular flexibility index (Phi) is 10.6. The van der Waals surface area contributed by atoms with E-state index in [1.54, 1.807) is 0 Å². The average molecular weight is 223 g/mol. The zero-order chi connectivity index (χ0) is 9.72. The molecule has 7 N–H and O–H groups in total. The van der Waals surface area contributed by atoms with Crippen molar-refractivity contribution in [3.05, 3.63) is 0 Å². The van der Waals surface area contributed by atoms with Crippen molar-refractivity contribution in [2.24, 2.45) is 5.73 Å². The molecule has 0 unspecified atom stereocenters. The molecule has 0 aliphatic carbocycles. The fourth-order valence-electron chi connectivity index (χ4n) is 0.703. The number of aliphatic hydroxyl groups is 5.